The first-order valence-corrected chi connectivity index (χ1v) is 11.7. The van der Waals surface area contributed by atoms with E-state index in [-0.39, 0.29) is 10.9 Å². The van der Waals surface area contributed by atoms with Crippen LogP contribution in [0.2, 0.25) is 0 Å². The smallest absolute Gasteiger partial charge is 0.407 e. The molecule has 164 valence electrons. The van der Waals surface area contributed by atoms with Gasteiger partial charge in [-0.2, -0.15) is 0 Å². The first-order valence-electron chi connectivity index (χ1n) is 10.2. The number of fused-ring (bicyclic) bond motifs is 1. The molecule has 10 heteroatoms. The predicted octanol–water partition coefficient (Wildman–Crippen LogP) is 2.95. The summed E-state index contributed by atoms with van der Waals surface area (Å²) < 4.78 is 27.6. The number of aromatic nitrogens is 3. The number of carbonyl (C=O) groups is 1. The van der Waals surface area contributed by atoms with Gasteiger partial charge < -0.3 is 14.9 Å². The molecule has 4 rings (SSSR count). The molecule has 31 heavy (non-hydrogen) atoms. The van der Waals surface area contributed by atoms with Crippen LogP contribution in [0.5, 0.6) is 0 Å². The van der Waals surface area contributed by atoms with Crippen molar-refractivity contribution >= 4 is 33.0 Å². The van der Waals surface area contributed by atoms with Crippen LogP contribution >= 0.6 is 0 Å². The fourth-order valence-electron chi connectivity index (χ4n) is 4.13. The van der Waals surface area contributed by atoms with Crippen LogP contribution < -0.4 is 4.90 Å². The molecule has 1 saturated heterocycles. The van der Waals surface area contributed by atoms with Crippen LogP contribution in [0.3, 0.4) is 0 Å². The molecule has 1 aliphatic rings. The number of carboxylic acid groups (broad SMARTS) is 1. The standard InChI is InChI=1S/C21H25N5O4S/c1-3-25(16-5-4-11-24(13-16)21(27)28)19-18-10-12-26(20(18)23-14-22-19)31(29,30)17-8-6-15(2)7-9-17/h6-10,12,14,16H,3-5,11,13H2,1-2H3,(H,27,28). The number of piperidine rings is 1. The number of benzene rings is 1. The van der Waals surface area contributed by atoms with Crippen molar-refractivity contribution < 1.29 is 18.3 Å². The molecule has 2 aromatic heterocycles. The van der Waals surface area contributed by atoms with E-state index in [1.54, 1.807) is 30.3 Å². The Bertz CT molecular complexity index is 1210. The van der Waals surface area contributed by atoms with Gasteiger partial charge in [-0.15, -0.1) is 0 Å². The molecule has 1 aliphatic heterocycles. The van der Waals surface area contributed by atoms with E-state index in [4.69, 9.17) is 0 Å². The van der Waals surface area contributed by atoms with Gasteiger partial charge in [0.05, 0.1) is 10.3 Å². The van der Waals surface area contributed by atoms with Gasteiger partial charge in [0.25, 0.3) is 10.0 Å². The first kappa shape index (κ1) is 21.1. The third-order valence-corrected chi connectivity index (χ3v) is 7.41. The van der Waals surface area contributed by atoms with Crippen molar-refractivity contribution in [2.24, 2.45) is 0 Å². The monoisotopic (exact) mass is 443 g/mol. The third-order valence-electron chi connectivity index (χ3n) is 5.73. The van der Waals surface area contributed by atoms with Gasteiger partial charge in [-0.25, -0.2) is 27.2 Å². The Morgan fingerprint density at radius 3 is 2.65 bits per heavy atom. The summed E-state index contributed by atoms with van der Waals surface area (Å²) in [6, 6.07) is 8.35. The Morgan fingerprint density at radius 2 is 1.97 bits per heavy atom. The molecular formula is C21H25N5O4S. The molecule has 1 amide bonds. The van der Waals surface area contributed by atoms with Gasteiger partial charge in [-0.3, -0.25) is 0 Å². The summed E-state index contributed by atoms with van der Waals surface area (Å²) in [4.78, 5) is 23.8. The lowest BCUT2D eigenvalue weighted by Crippen LogP contribution is -2.50. The van der Waals surface area contributed by atoms with Gasteiger partial charge in [0, 0.05) is 31.9 Å². The topological polar surface area (TPSA) is 109 Å². The number of nitrogens with zero attached hydrogens (tertiary/aromatic N) is 5. The highest BCUT2D eigenvalue weighted by Crippen LogP contribution is 2.30. The number of hydrogen-bond acceptors (Lipinski definition) is 6. The zero-order valence-corrected chi connectivity index (χ0v) is 18.3. The molecule has 0 spiro atoms. The highest BCUT2D eigenvalue weighted by Gasteiger charge is 2.30. The number of hydrogen-bond donors (Lipinski definition) is 1. The maximum atomic E-state index is 13.2. The molecule has 0 aliphatic carbocycles. The molecule has 0 bridgehead atoms. The lowest BCUT2D eigenvalue weighted by molar-refractivity contribution is 0.130. The zero-order chi connectivity index (χ0) is 22.2. The van der Waals surface area contributed by atoms with Crippen molar-refractivity contribution in [2.45, 2.75) is 37.6 Å². The van der Waals surface area contributed by atoms with Crippen molar-refractivity contribution in [2.75, 3.05) is 24.5 Å². The Kier molecular flexibility index (Phi) is 5.57. The number of amides is 1. The summed E-state index contributed by atoms with van der Waals surface area (Å²) in [5.41, 5.74) is 1.28. The van der Waals surface area contributed by atoms with Crippen molar-refractivity contribution in [3.05, 3.63) is 48.4 Å². The number of likely N-dealkylation sites (N-methyl/N-ethyl adjacent to an activating group) is 1. The Balaban J connectivity index is 1.75. The number of rotatable bonds is 5. The fourth-order valence-corrected chi connectivity index (χ4v) is 5.43. The minimum absolute atomic E-state index is 0.0370. The second-order valence-corrected chi connectivity index (χ2v) is 9.49. The second-order valence-electron chi connectivity index (χ2n) is 7.67. The van der Waals surface area contributed by atoms with E-state index < -0.39 is 16.1 Å². The molecule has 0 saturated carbocycles. The van der Waals surface area contributed by atoms with Gasteiger partial charge in [-0.05, 0) is 44.9 Å². The molecular weight excluding hydrogens is 418 g/mol. The quantitative estimate of drug-likeness (QED) is 0.646. The molecule has 3 heterocycles. The Morgan fingerprint density at radius 1 is 1.23 bits per heavy atom. The van der Waals surface area contributed by atoms with Gasteiger partial charge in [0.1, 0.15) is 12.1 Å². The van der Waals surface area contributed by atoms with Crippen LogP contribution in [0, 0.1) is 6.92 Å². The maximum Gasteiger partial charge on any atom is 0.407 e. The molecule has 1 aromatic carbocycles. The highest BCUT2D eigenvalue weighted by molar-refractivity contribution is 7.90. The minimum atomic E-state index is -3.81. The van der Waals surface area contributed by atoms with Crippen molar-refractivity contribution in [1.29, 1.82) is 0 Å². The van der Waals surface area contributed by atoms with Crippen LogP contribution in [-0.4, -0.2) is 64.1 Å². The van der Waals surface area contributed by atoms with Gasteiger partial charge in [-0.1, -0.05) is 17.7 Å². The van der Waals surface area contributed by atoms with Crippen molar-refractivity contribution in [1.82, 2.24) is 18.8 Å². The summed E-state index contributed by atoms with van der Waals surface area (Å²) in [6.45, 7) is 5.40. The van der Waals surface area contributed by atoms with Gasteiger partial charge >= 0.3 is 6.09 Å². The molecule has 3 aromatic rings. The van der Waals surface area contributed by atoms with E-state index in [0.717, 1.165) is 18.4 Å². The minimum Gasteiger partial charge on any atom is -0.465 e. The highest BCUT2D eigenvalue weighted by atomic mass is 32.2. The second kappa shape index (κ2) is 8.18. The van der Waals surface area contributed by atoms with Crippen LogP contribution in [0.15, 0.2) is 47.8 Å². The molecule has 0 radical (unpaired) electrons. The lowest BCUT2D eigenvalue weighted by atomic mass is 10.0. The van der Waals surface area contributed by atoms with Gasteiger partial charge in [0.15, 0.2) is 5.65 Å². The number of aryl methyl sites for hydroxylation is 1. The average molecular weight is 444 g/mol. The summed E-state index contributed by atoms with van der Waals surface area (Å²) in [5, 5.41) is 10.0. The summed E-state index contributed by atoms with van der Waals surface area (Å²) in [7, 11) is -3.81. The first-order chi connectivity index (χ1) is 14.8. The summed E-state index contributed by atoms with van der Waals surface area (Å²) >= 11 is 0. The van der Waals surface area contributed by atoms with E-state index in [0.29, 0.717) is 36.5 Å². The maximum absolute atomic E-state index is 13.2. The van der Waals surface area contributed by atoms with E-state index in [9.17, 15) is 18.3 Å². The van der Waals surface area contributed by atoms with E-state index in [1.165, 1.54) is 21.4 Å². The molecule has 1 atom stereocenters. The molecule has 1 unspecified atom stereocenters. The van der Waals surface area contributed by atoms with Crippen molar-refractivity contribution in [3.63, 3.8) is 0 Å². The molecule has 1 N–H and O–H groups in total. The van der Waals surface area contributed by atoms with Crippen molar-refractivity contribution in [3.8, 4) is 0 Å². The van der Waals surface area contributed by atoms with Gasteiger partial charge in [0.2, 0.25) is 0 Å². The zero-order valence-electron chi connectivity index (χ0n) is 17.5. The van der Waals surface area contributed by atoms with Crippen LogP contribution in [0.1, 0.15) is 25.3 Å². The third kappa shape index (κ3) is 3.83. The lowest BCUT2D eigenvalue weighted by Gasteiger charge is -2.38. The van der Waals surface area contributed by atoms with Crippen LogP contribution in [0.25, 0.3) is 11.0 Å². The normalized spacial score (nSPS) is 17.1. The largest absolute Gasteiger partial charge is 0.465 e. The molecule has 1 fully saturated rings. The average Bonchev–Trinajstić information content (AvgIpc) is 3.21. The molecule has 9 nitrogen and oxygen atoms in total. The SMILES string of the molecule is CCN(c1ncnc2c1ccn2S(=O)(=O)c1ccc(C)cc1)C1CCCN(C(=O)O)C1. The fraction of sp³-hybridized carbons (Fsp3) is 0.381. The van der Waals surface area contributed by atoms with Crippen LogP contribution in [0.4, 0.5) is 10.6 Å². The van der Waals surface area contributed by atoms with Crippen LogP contribution in [-0.2, 0) is 10.0 Å². The Hall–Kier alpha value is -3.14. The Labute approximate surface area is 181 Å². The van der Waals surface area contributed by atoms with E-state index >= 15 is 0 Å². The van der Waals surface area contributed by atoms with E-state index in [1.807, 2.05) is 18.7 Å². The summed E-state index contributed by atoms with van der Waals surface area (Å²) in [6.07, 6.45) is 3.54. The van der Waals surface area contributed by atoms with E-state index in [2.05, 4.69) is 9.97 Å². The number of anilines is 1. The predicted molar refractivity (Wildman–Crippen MR) is 117 cm³/mol. The number of likely N-dealkylation sites (tertiary alicyclic amines) is 1. The summed E-state index contributed by atoms with van der Waals surface area (Å²) in [5.74, 6) is 0.614.